The topological polar surface area (TPSA) is 177 Å². The van der Waals surface area contributed by atoms with E-state index >= 15 is 0 Å². The number of hydrogen-bond donors (Lipinski definition) is 6. The molecule has 22 atom stereocenters. The van der Waals surface area contributed by atoms with Crippen molar-refractivity contribution in [2.75, 3.05) is 13.2 Å². The van der Waals surface area contributed by atoms with Gasteiger partial charge in [0.05, 0.1) is 31.5 Å². The van der Waals surface area contributed by atoms with Crippen LogP contribution in [0.4, 0.5) is 0 Å². The lowest BCUT2D eigenvalue weighted by atomic mass is 9.44. The molecule has 0 radical (unpaired) electrons. The summed E-state index contributed by atoms with van der Waals surface area (Å²) < 4.78 is 37.2. The molecule has 8 fully saturated rings. The van der Waals surface area contributed by atoms with Crippen molar-refractivity contribution >= 4 is 0 Å². The number of hydrogen-bond acceptors (Lipinski definition) is 12. The summed E-state index contributed by atoms with van der Waals surface area (Å²) in [6, 6.07) is 0. The lowest BCUT2D eigenvalue weighted by molar-refractivity contribution is -0.361. The fourth-order valence-electron chi connectivity index (χ4n) is 13.2. The van der Waals surface area contributed by atoms with Gasteiger partial charge >= 0.3 is 0 Å². The van der Waals surface area contributed by atoms with Crippen LogP contribution in [0.1, 0.15) is 98.8 Å². The van der Waals surface area contributed by atoms with Gasteiger partial charge in [0.25, 0.3) is 0 Å². The Balaban J connectivity index is 0.894. The van der Waals surface area contributed by atoms with Gasteiger partial charge < -0.3 is 59.1 Å². The van der Waals surface area contributed by atoms with Crippen molar-refractivity contribution in [1.82, 2.24) is 0 Å². The fraction of sp³-hybridized carbons (Fsp3) is 1.00. The second-order valence-corrected chi connectivity index (χ2v) is 18.7. The summed E-state index contributed by atoms with van der Waals surface area (Å²) in [5, 5.41) is 63.2. The third-order valence-corrected chi connectivity index (χ3v) is 16.1. The average molecular weight is 725 g/mol. The average Bonchev–Trinajstić information content (AvgIpc) is 3.56. The van der Waals surface area contributed by atoms with Crippen molar-refractivity contribution in [3.8, 4) is 0 Å². The Morgan fingerprint density at radius 1 is 0.706 bits per heavy atom. The Kier molecular flexibility index (Phi) is 10.00. The summed E-state index contributed by atoms with van der Waals surface area (Å²) in [5.74, 6) is 3.73. The Morgan fingerprint density at radius 3 is 2.16 bits per heavy atom. The smallest absolute Gasteiger partial charge is 0.187 e. The fourth-order valence-corrected chi connectivity index (χ4v) is 13.2. The predicted molar refractivity (Wildman–Crippen MR) is 182 cm³/mol. The van der Waals surface area contributed by atoms with Gasteiger partial charge in [0.1, 0.15) is 42.7 Å². The molecule has 1 spiro atoms. The van der Waals surface area contributed by atoms with Crippen LogP contribution in [0.5, 0.6) is 0 Å². The van der Waals surface area contributed by atoms with Gasteiger partial charge in [-0.05, 0) is 111 Å². The SMILES string of the molecule is C[C@H]1CC[C@@]2(OC1)O[C@H]1C[C@H]3[C@@H]4CC[C@H]5C[C@@H](O[C@@H]6O[C@H](CO)[C@@H](O[C@H]7O[C@H](C)[C@@H](O)[C@H](O)[C@@H]7O)[C@H](O)[C@H]6O)CC[C@]5(C)[C@H]4CC[C@]3(C)[C@H]1[C@@H]2C. The minimum absolute atomic E-state index is 0.160. The third kappa shape index (κ3) is 5.91. The molecule has 51 heavy (non-hydrogen) atoms. The van der Waals surface area contributed by atoms with Gasteiger partial charge in [0, 0.05) is 12.3 Å². The Labute approximate surface area is 302 Å². The van der Waals surface area contributed by atoms with Crippen LogP contribution in [0.3, 0.4) is 0 Å². The molecule has 292 valence electrons. The molecule has 8 aliphatic rings. The van der Waals surface area contributed by atoms with Crippen molar-refractivity contribution in [3.63, 3.8) is 0 Å². The molecule has 4 heterocycles. The minimum atomic E-state index is -1.60. The highest BCUT2D eigenvalue weighted by Crippen LogP contribution is 2.71. The van der Waals surface area contributed by atoms with Crippen molar-refractivity contribution in [3.05, 3.63) is 0 Å². The molecule has 4 saturated carbocycles. The van der Waals surface area contributed by atoms with E-state index in [2.05, 4.69) is 27.7 Å². The summed E-state index contributed by atoms with van der Waals surface area (Å²) in [7, 11) is 0. The van der Waals surface area contributed by atoms with Crippen LogP contribution >= 0.6 is 0 Å². The van der Waals surface area contributed by atoms with Gasteiger partial charge in [-0.3, -0.25) is 0 Å². The van der Waals surface area contributed by atoms with Crippen LogP contribution in [-0.2, 0) is 28.4 Å². The maximum Gasteiger partial charge on any atom is 0.187 e. The molecule has 0 aromatic rings. The highest BCUT2D eigenvalue weighted by molar-refractivity contribution is 5.15. The predicted octanol–water partition coefficient (Wildman–Crippen LogP) is 2.47. The van der Waals surface area contributed by atoms with Gasteiger partial charge in [-0.25, -0.2) is 0 Å². The first kappa shape index (κ1) is 37.4. The molecular weight excluding hydrogens is 660 g/mol. The van der Waals surface area contributed by atoms with Gasteiger partial charge in [-0.2, -0.15) is 0 Å². The van der Waals surface area contributed by atoms with Crippen molar-refractivity contribution in [2.45, 2.75) is 178 Å². The van der Waals surface area contributed by atoms with E-state index in [1.54, 1.807) is 0 Å². The molecule has 4 saturated heterocycles. The van der Waals surface area contributed by atoms with Crippen molar-refractivity contribution in [2.24, 2.45) is 52.3 Å². The highest BCUT2D eigenvalue weighted by Gasteiger charge is 2.69. The maximum absolute atomic E-state index is 11.1. The molecule has 4 aliphatic carbocycles. The van der Waals surface area contributed by atoms with Gasteiger partial charge in [-0.15, -0.1) is 0 Å². The van der Waals surface area contributed by atoms with Crippen LogP contribution in [0.2, 0.25) is 0 Å². The molecule has 12 nitrogen and oxygen atoms in total. The molecule has 0 aromatic heterocycles. The Bertz CT molecular complexity index is 1240. The number of ether oxygens (including phenoxy) is 6. The van der Waals surface area contributed by atoms with Gasteiger partial charge in [0.2, 0.25) is 0 Å². The molecule has 12 heteroatoms. The lowest BCUT2D eigenvalue weighted by Gasteiger charge is -2.61. The minimum Gasteiger partial charge on any atom is -0.394 e. The summed E-state index contributed by atoms with van der Waals surface area (Å²) in [6.07, 6.45) is -2.12. The molecule has 0 amide bonds. The first-order chi connectivity index (χ1) is 24.2. The van der Waals surface area contributed by atoms with Gasteiger partial charge in [0.15, 0.2) is 18.4 Å². The quantitative estimate of drug-likeness (QED) is 0.229. The van der Waals surface area contributed by atoms with Crippen LogP contribution in [0.15, 0.2) is 0 Å². The Morgan fingerprint density at radius 2 is 1.43 bits per heavy atom. The number of rotatable bonds is 5. The monoisotopic (exact) mass is 724 g/mol. The number of aliphatic hydroxyl groups is 6. The molecule has 0 aromatic carbocycles. The standard InChI is InChI=1S/C39H64O12/c1-18-8-13-39(46-17-18)19(2)28-26(51-39)15-25-23-7-6-21-14-22(9-11-37(21,4)24(23)10-12-38(25,28)5)48-36-33(45)31(43)34(27(16-40)49-36)50-35-32(44)30(42)29(41)20(3)47-35/h18-36,40-45H,6-17H2,1-5H3/t18-,19-,20+,21-,22-,23+,24-,25-,26-,27+,28-,29+,30-,31+,32-,33+,34+,35+,36+,37-,38-,39+/m0/s1. The molecule has 0 bridgehead atoms. The summed E-state index contributed by atoms with van der Waals surface area (Å²) in [6.45, 7) is 11.6. The highest BCUT2D eigenvalue weighted by atomic mass is 16.7. The molecule has 4 aliphatic heterocycles. The molecule has 6 N–H and O–H groups in total. The first-order valence-corrected chi connectivity index (χ1v) is 20.2. The molecule has 0 unspecified atom stereocenters. The van der Waals surface area contributed by atoms with Crippen LogP contribution in [0.25, 0.3) is 0 Å². The van der Waals surface area contributed by atoms with Crippen LogP contribution < -0.4 is 0 Å². The molecule has 8 rings (SSSR count). The zero-order chi connectivity index (χ0) is 36.2. The number of aliphatic hydroxyl groups excluding tert-OH is 6. The zero-order valence-electron chi connectivity index (χ0n) is 31.1. The van der Waals surface area contributed by atoms with E-state index < -0.39 is 68.0 Å². The lowest BCUT2D eigenvalue weighted by Crippen LogP contribution is -2.64. The third-order valence-electron chi connectivity index (χ3n) is 16.1. The van der Waals surface area contributed by atoms with E-state index in [0.717, 1.165) is 45.1 Å². The van der Waals surface area contributed by atoms with Crippen LogP contribution in [-0.4, -0.2) is 123 Å². The van der Waals surface area contributed by atoms with E-state index in [1.165, 1.54) is 32.6 Å². The van der Waals surface area contributed by atoms with Crippen molar-refractivity contribution < 1.29 is 59.1 Å². The van der Waals surface area contributed by atoms with E-state index in [-0.39, 0.29) is 22.7 Å². The first-order valence-electron chi connectivity index (χ1n) is 20.2. The Hall–Kier alpha value is -0.480. The van der Waals surface area contributed by atoms with E-state index in [4.69, 9.17) is 28.4 Å². The zero-order valence-corrected chi connectivity index (χ0v) is 31.1. The van der Waals surface area contributed by atoms with Crippen LogP contribution in [0, 0.1) is 52.3 Å². The molecular formula is C39H64O12. The summed E-state index contributed by atoms with van der Waals surface area (Å²) in [4.78, 5) is 0. The second-order valence-electron chi connectivity index (χ2n) is 18.7. The second kappa shape index (κ2) is 13.6. The maximum atomic E-state index is 11.1. The van der Waals surface area contributed by atoms with Gasteiger partial charge in [-0.1, -0.05) is 27.7 Å². The number of fused-ring (bicyclic) bond motifs is 7. The van der Waals surface area contributed by atoms with Crippen molar-refractivity contribution in [1.29, 1.82) is 0 Å². The summed E-state index contributed by atoms with van der Waals surface area (Å²) in [5.41, 5.74) is 0.498. The van der Waals surface area contributed by atoms with E-state index in [9.17, 15) is 30.6 Å². The van der Waals surface area contributed by atoms with E-state index in [1.807, 2.05) is 0 Å². The van der Waals surface area contributed by atoms with E-state index in [0.29, 0.717) is 47.5 Å². The largest absolute Gasteiger partial charge is 0.394 e. The normalized spacial score (nSPS) is 59.9. The summed E-state index contributed by atoms with van der Waals surface area (Å²) >= 11 is 0.